The van der Waals surface area contributed by atoms with Crippen molar-refractivity contribution in [2.45, 2.75) is 19.0 Å². The second-order valence-electron chi connectivity index (χ2n) is 11.2. The molecule has 4 nitrogen and oxygen atoms in total. The van der Waals surface area contributed by atoms with E-state index in [1.807, 2.05) is 6.07 Å². The summed E-state index contributed by atoms with van der Waals surface area (Å²) < 4.78 is 11.5. The van der Waals surface area contributed by atoms with E-state index in [9.17, 15) is 0 Å². The number of benzene rings is 5. The number of furan rings is 1. The Balaban J connectivity index is 1.30. The van der Waals surface area contributed by atoms with Crippen molar-refractivity contribution < 1.29 is 14.3 Å². The summed E-state index contributed by atoms with van der Waals surface area (Å²) >= 11 is 0. The summed E-state index contributed by atoms with van der Waals surface area (Å²) in [4.78, 5) is 0. The molecule has 0 amide bonds. The molecule has 5 aromatic carbocycles. The number of hydrogen-bond acceptors (Lipinski definition) is 1. The highest BCUT2D eigenvalue weighted by molar-refractivity contribution is 6.21. The van der Waals surface area contributed by atoms with Gasteiger partial charge in [-0.3, -0.25) is 0 Å². The second kappa shape index (κ2) is 9.16. The van der Waals surface area contributed by atoms with E-state index in [0.29, 0.717) is 0 Å². The molecule has 1 aliphatic heterocycles. The van der Waals surface area contributed by atoms with E-state index in [1.54, 1.807) is 0 Å². The van der Waals surface area contributed by atoms with Crippen molar-refractivity contribution in [2.24, 2.45) is 0 Å². The van der Waals surface area contributed by atoms with Crippen LogP contribution in [0, 0.1) is 0 Å². The van der Waals surface area contributed by atoms with Gasteiger partial charge in [0.1, 0.15) is 11.1 Å². The van der Waals surface area contributed by atoms with E-state index < -0.39 is 0 Å². The maximum absolute atomic E-state index is 6.58. The fraction of sp³-hybridized carbons (Fsp3) is 0.0789. The topological polar surface area (TPSA) is 37.7 Å². The summed E-state index contributed by atoms with van der Waals surface area (Å²) in [7, 11) is 0. The first-order valence-corrected chi connectivity index (χ1v) is 14.7. The van der Waals surface area contributed by atoms with Crippen LogP contribution in [0.5, 0.6) is 0 Å². The molecule has 2 aromatic heterocycles. The van der Waals surface area contributed by atoms with Gasteiger partial charge in [0.2, 0.25) is 5.69 Å². The van der Waals surface area contributed by atoms with Gasteiger partial charge in [-0.1, -0.05) is 89.5 Å². The third kappa shape index (κ3) is 3.42. The lowest BCUT2D eigenvalue weighted by Crippen LogP contribution is -3.05. The van der Waals surface area contributed by atoms with Crippen LogP contribution < -0.4 is 5.32 Å². The van der Waals surface area contributed by atoms with Gasteiger partial charge < -0.3 is 8.98 Å². The zero-order valence-electron chi connectivity index (χ0n) is 23.1. The fourth-order valence-corrected chi connectivity index (χ4v) is 6.90. The standard InChI is InChI=1S/C38H27N3O/c1-3-12-25(13-4-1)37-39-38(26-14-5-2-6-15-26)41(37)28-17-11-16-27(24-28)40-33-20-9-7-18-29(33)31-22-23-32-30-19-8-10-21-34(30)42-36(32)35(31)40/h1,3-5,7-24,38H,2,6H2/p+2. The van der Waals surface area contributed by atoms with Crippen molar-refractivity contribution in [3.8, 4) is 5.69 Å². The Morgan fingerprint density at radius 1 is 0.714 bits per heavy atom. The van der Waals surface area contributed by atoms with E-state index >= 15 is 0 Å². The Labute approximate surface area is 243 Å². The molecule has 1 atom stereocenters. The van der Waals surface area contributed by atoms with Gasteiger partial charge in [0.15, 0.2) is 5.58 Å². The van der Waals surface area contributed by atoms with Gasteiger partial charge in [-0.2, -0.15) is 5.32 Å². The molecule has 7 aromatic rings. The molecule has 0 bridgehead atoms. The molecule has 1 aliphatic carbocycles. The molecule has 4 heteroatoms. The number of amidine groups is 1. The Bertz CT molecular complexity index is 2280. The van der Waals surface area contributed by atoms with Gasteiger partial charge in [-0.05, 0) is 49.2 Å². The summed E-state index contributed by atoms with van der Waals surface area (Å²) in [6.45, 7) is 0. The summed E-state index contributed by atoms with van der Waals surface area (Å²) in [5, 5.41) is 7.12. The van der Waals surface area contributed by atoms with Crippen molar-refractivity contribution in [1.29, 1.82) is 0 Å². The molecule has 2 aliphatic rings. The lowest BCUT2D eigenvalue weighted by molar-refractivity contribution is -0.844. The minimum atomic E-state index is 0.215. The van der Waals surface area contributed by atoms with Crippen LogP contribution in [0.1, 0.15) is 18.4 Å². The SMILES string of the molecule is C1=CC(C2[NH2+]C(c3ccccc3)=[N+]2c2cccc(-n3c4ccccc4c4ccc5c6ccccc6oc5c43)c2)=CCC1. The third-order valence-corrected chi connectivity index (χ3v) is 8.83. The molecular formula is C38H29N3O+2. The highest BCUT2D eigenvalue weighted by Crippen LogP contribution is 2.40. The third-order valence-electron chi connectivity index (χ3n) is 8.83. The Kier molecular flexibility index (Phi) is 5.13. The minimum absolute atomic E-state index is 0.215. The van der Waals surface area contributed by atoms with Crippen LogP contribution in [0.2, 0.25) is 0 Å². The average molecular weight is 544 g/mol. The summed E-state index contributed by atoms with van der Waals surface area (Å²) in [5.74, 6) is 1.25. The maximum Gasteiger partial charge on any atom is 0.384 e. The van der Waals surface area contributed by atoms with E-state index in [-0.39, 0.29) is 6.17 Å². The molecule has 42 heavy (non-hydrogen) atoms. The van der Waals surface area contributed by atoms with Crippen LogP contribution in [-0.2, 0) is 0 Å². The van der Waals surface area contributed by atoms with Crippen molar-refractivity contribution in [2.75, 3.05) is 0 Å². The molecule has 0 saturated heterocycles. The molecule has 200 valence electrons. The van der Waals surface area contributed by atoms with E-state index in [1.165, 1.54) is 38.9 Å². The molecule has 3 heterocycles. The van der Waals surface area contributed by atoms with Gasteiger partial charge in [0.05, 0.1) is 22.3 Å². The van der Waals surface area contributed by atoms with E-state index in [0.717, 1.165) is 46.0 Å². The maximum atomic E-state index is 6.58. The van der Waals surface area contributed by atoms with Crippen molar-refractivity contribution in [3.05, 3.63) is 145 Å². The van der Waals surface area contributed by atoms with Crippen LogP contribution in [0.15, 0.2) is 143 Å². The highest BCUT2D eigenvalue weighted by atomic mass is 16.3. The molecule has 0 saturated carbocycles. The summed E-state index contributed by atoms with van der Waals surface area (Å²) in [6.07, 6.45) is 9.42. The van der Waals surface area contributed by atoms with Crippen LogP contribution in [0.4, 0.5) is 5.69 Å². The van der Waals surface area contributed by atoms with Crippen molar-refractivity contribution >= 4 is 55.3 Å². The molecule has 9 rings (SSSR count). The van der Waals surface area contributed by atoms with E-state index in [4.69, 9.17) is 4.42 Å². The predicted octanol–water partition coefficient (Wildman–Crippen LogP) is 7.95. The van der Waals surface area contributed by atoms with Gasteiger partial charge in [-0.25, -0.2) is 0 Å². The van der Waals surface area contributed by atoms with E-state index in [2.05, 4.69) is 142 Å². The van der Waals surface area contributed by atoms with Crippen LogP contribution in [0.3, 0.4) is 0 Å². The number of para-hydroxylation sites is 2. The second-order valence-corrected chi connectivity index (χ2v) is 11.2. The average Bonchev–Trinajstić information content (AvgIpc) is 3.58. The van der Waals surface area contributed by atoms with Crippen LogP contribution in [-0.4, -0.2) is 21.1 Å². The zero-order chi connectivity index (χ0) is 27.6. The number of nitrogens with two attached hydrogens (primary N) is 1. The zero-order valence-corrected chi connectivity index (χ0v) is 23.1. The number of quaternary nitrogens is 1. The number of nitrogens with zero attached hydrogens (tertiary/aromatic N) is 2. The van der Waals surface area contributed by atoms with Crippen molar-refractivity contribution in [3.63, 3.8) is 0 Å². The largest absolute Gasteiger partial charge is 0.454 e. The van der Waals surface area contributed by atoms with Crippen molar-refractivity contribution in [1.82, 2.24) is 4.57 Å². The number of fused-ring (bicyclic) bond motifs is 7. The first-order valence-electron chi connectivity index (χ1n) is 14.7. The van der Waals surface area contributed by atoms with Gasteiger partial charge in [-0.15, -0.1) is 0 Å². The Hall–Kier alpha value is -5.19. The smallest absolute Gasteiger partial charge is 0.384 e. The normalized spacial score (nSPS) is 17.0. The van der Waals surface area contributed by atoms with Crippen LogP contribution >= 0.6 is 0 Å². The molecule has 2 N–H and O–H groups in total. The lowest BCUT2D eigenvalue weighted by Gasteiger charge is -2.25. The fourth-order valence-electron chi connectivity index (χ4n) is 6.90. The van der Waals surface area contributed by atoms with Gasteiger partial charge in [0.25, 0.3) is 0 Å². The Morgan fingerprint density at radius 3 is 2.40 bits per heavy atom. The minimum Gasteiger partial charge on any atom is -0.454 e. The molecular weight excluding hydrogens is 514 g/mol. The lowest BCUT2D eigenvalue weighted by atomic mass is 10.00. The number of rotatable bonds is 4. The highest BCUT2D eigenvalue weighted by Gasteiger charge is 2.47. The molecule has 0 fully saturated rings. The Morgan fingerprint density at radius 2 is 1.52 bits per heavy atom. The number of allylic oxidation sites excluding steroid dienone is 2. The first kappa shape index (κ1) is 23.5. The number of aromatic nitrogens is 1. The van der Waals surface area contributed by atoms with Gasteiger partial charge >= 0.3 is 12.0 Å². The molecule has 0 spiro atoms. The quantitative estimate of drug-likeness (QED) is 0.225. The van der Waals surface area contributed by atoms with Crippen LogP contribution in [0.25, 0.3) is 49.4 Å². The molecule has 1 unspecified atom stereocenters. The summed E-state index contributed by atoms with van der Waals surface area (Å²) in [5.41, 5.74) is 9.04. The number of hydrogen-bond donors (Lipinski definition) is 1. The monoisotopic (exact) mass is 543 g/mol. The molecule has 0 radical (unpaired) electrons. The summed E-state index contributed by atoms with van der Waals surface area (Å²) in [6, 6.07) is 41.2. The van der Waals surface area contributed by atoms with Gasteiger partial charge in [0, 0.05) is 33.7 Å². The predicted molar refractivity (Wildman–Crippen MR) is 171 cm³/mol. The first-order chi connectivity index (χ1) is 20.8.